The highest BCUT2D eigenvalue weighted by Crippen LogP contribution is 2.12. The molecule has 1 N–H and O–H groups in total. The quantitative estimate of drug-likeness (QED) is 0.756. The minimum absolute atomic E-state index is 0.217. The number of carbonyl (C=O) groups is 1. The summed E-state index contributed by atoms with van der Waals surface area (Å²) in [6.45, 7) is 4.39. The van der Waals surface area contributed by atoms with Gasteiger partial charge in [0.2, 0.25) is 5.88 Å². The zero-order chi connectivity index (χ0) is 11.3. The van der Waals surface area contributed by atoms with Crippen LogP contribution in [0.1, 0.15) is 35.8 Å². The number of aromatic carboxylic acids is 1. The Bertz CT molecular complexity index is 350. The first kappa shape index (κ1) is 11.5. The van der Waals surface area contributed by atoms with Gasteiger partial charge in [0, 0.05) is 11.8 Å². The van der Waals surface area contributed by atoms with E-state index in [-0.39, 0.29) is 5.56 Å². The van der Waals surface area contributed by atoms with E-state index in [0.29, 0.717) is 18.2 Å². The van der Waals surface area contributed by atoms with Crippen LogP contribution in [0.2, 0.25) is 0 Å². The molecule has 0 unspecified atom stereocenters. The number of hydrogen-bond donors (Lipinski definition) is 1. The molecule has 0 atom stereocenters. The average Bonchev–Trinajstić information content (AvgIpc) is 2.17. The van der Waals surface area contributed by atoms with Crippen molar-refractivity contribution in [2.24, 2.45) is 0 Å². The summed E-state index contributed by atoms with van der Waals surface area (Å²) in [5.41, 5.74) is 0.871. The summed E-state index contributed by atoms with van der Waals surface area (Å²) >= 11 is 0. The lowest BCUT2D eigenvalue weighted by Gasteiger charge is -2.06. The maximum absolute atomic E-state index is 10.8. The number of nitrogens with zero attached hydrogens (tertiary/aromatic N) is 1. The van der Waals surface area contributed by atoms with Gasteiger partial charge in [0.1, 0.15) is 0 Å². The highest BCUT2D eigenvalue weighted by Gasteiger charge is 2.06. The summed E-state index contributed by atoms with van der Waals surface area (Å²) in [7, 11) is 0. The third-order valence-corrected chi connectivity index (χ3v) is 1.92. The van der Waals surface area contributed by atoms with Crippen LogP contribution in [-0.2, 0) is 0 Å². The minimum Gasteiger partial charge on any atom is -0.478 e. The molecule has 0 bridgehead atoms. The maximum atomic E-state index is 10.8. The first-order chi connectivity index (χ1) is 7.13. The van der Waals surface area contributed by atoms with Crippen LogP contribution in [0.3, 0.4) is 0 Å². The topological polar surface area (TPSA) is 59.4 Å². The molecule has 4 nitrogen and oxygen atoms in total. The Morgan fingerprint density at radius 3 is 2.87 bits per heavy atom. The molecule has 0 saturated heterocycles. The molecule has 0 radical (unpaired) electrons. The second-order valence-corrected chi connectivity index (χ2v) is 3.34. The molecule has 0 spiro atoms. The first-order valence-electron chi connectivity index (χ1n) is 4.98. The van der Waals surface area contributed by atoms with E-state index in [1.165, 1.54) is 12.1 Å². The Balaban J connectivity index is 2.75. The third kappa shape index (κ3) is 3.58. The fourth-order valence-electron chi connectivity index (χ4n) is 1.16. The van der Waals surface area contributed by atoms with Crippen molar-refractivity contribution in [1.29, 1.82) is 0 Å². The summed E-state index contributed by atoms with van der Waals surface area (Å²) in [5.74, 6) is -0.568. The number of ether oxygens (including phenoxy) is 1. The van der Waals surface area contributed by atoms with E-state index >= 15 is 0 Å². The van der Waals surface area contributed by atoms with Crippen molar-refractivity contribution in [2.75, 3.05) is 6.61 Å². The number of aromatic nitrogens is 1. The molecule has 82 valence electrons. The normalized spacial score (nSPS) is 10.0. The number of aryl methyl sites for hydroxylation is 1. The second-order valence-electron chi connectivity index (χ2n) is 3.34. The molecule has 0 aliphatic heterocycles. The lowest BCUT2D eigenvalue weighted by molar-refractivity contribution is 0.0696. The summed E-state index contributed by atoms with van der Waals surface area (Å²) in [4.78, 5) is 14.9. The predicted octanol–water partition coefficient (Wildman–Crippen LogP) is 2.27. The summed E-state index contributed by atoms with van der Waals surface area (Å²) < 4.78 is 5.34. The van der Waals surface area contributed by atoms with Crippen molar-refractivity contribution < 1.29 is 14.6 Å². The lowest BCUT2D eigenvalue weighted by atomic mass is 10.2. The van der Waals surface area contributed by atoms with Crippen LogP contribution >= 0.6 is 0 Å². The maximum Gasteiger partial charge on any atom is 0.335 e. The van der Waals surface area contributed by atoms with E-state index in [4.69, 9.17) is 9.84 Å². The molecule has 0 aromatic carbocycles. The molecule has 1 heterocycles. The van der Waals surface area contributed by atoms with E-state index in [2.05, 4.69) is 11.9 Å². The number of pyridine rings is 1. The SMILES string of the molecule is CCCCOc1cc(C(=O)O)cc(C)n1. The monoisotopic (exact) mass is 209 g/mol. The molecular formula is C11H15NO3. The second kappa shape index (κ2) is 5.34. The first-order valence-corrected chi connectivity index (χ1v) is 4.98. The standard InChI is InChI=1S/C11H15NO3/c1-3-4-5-15-10-7-9(11(13)14)6-8(2)12-10/h6-7H,3-5H2,1-2H3,(H,13,14). The molecule has 15 heavy (non-hydrogen) atoms. The van der Waals surface area contributed by atoms with Crippen molar-refractivity contribution >= 4 is 5.97 Å². The van der Waals surface area contributed by atoms with Gasteiger partial charge in [-0.2, -0.15) is 0 Å². The van der Waals surface area contributed by atoms with E-state index in [1.54, 1.807) is 6.92 Å². The third-order valence-electron chi connectivity index (χ3n) is 1.92. The zero-order valence-electron chi connectivity index (χ0n) is 8.99. The van der Waals surface area contributed by atoms with Gasteiger partial charge in [-0.05, 0) is 19.4 Å². The molecular weight excluding hydrogens is 194 g/mol. The van der Waals surface area contributed by atoms with Crippen LogP contribution in [0.4, 0.5) is 0 Å². The minimum atomic E-state index is -0.958. The van der Waals surface area contributed by atoms with Gasteiger partial charge in [-0.1, -0.05) is 13.3 Å². The van der Waals surface area contributed by atoms with Crippen molar-refractivity contribution in [3.05, 3.63) is 23.4 Å². The lowest BCUT2D eigenvalue weighted by Crippen LogP contribution is -2.03. The molecule has 1 aromatic rings. The van der Waals surface area contributed by atoms with Gasteiger partial charge in [-0.25, -0.2) is 9.78 Å². The Morgan fingerprint density at radius 1 is 1.53 bits per heavy atom. The molecule has 0 saturated carbocycles. The zero-order valence-corrected chi connectivity index (χ0v) is 8.99. The Hall–Kier alpha value is -1.58. The summed E-state index contributed by atoms with van der Waals surface area (Å²) in [6, 6.07) is 2.97. The van der Waals surface area contributed by atoms with Crippen molar-refractivity contribution in [1.82, 2.24) is 4.98 Å². The van der Waals surface area contributed by atoms with Gasteiger partial charge in [0.15, 0.2) is 0 Å². The molecule has 4 heteroatoms. The number of hydrogen-bond acceptors (Lipinski definition) is 3. The van der Waals surface area contributed by atoms with Crippen LogP contribution in [0.15, 0.2) is 12.1 Å². The summed E-state index contributed by atoms with van der Waals surface area (Å²) in [5, 5.41) is 8.82. The average molecular weight is 209 g/mol. The van der Waals surface area contributed by atoms with Gasteiger partial charge in [-0.15, -0.1) is 0 Å². The predicted molar refractivity (Wildman–Crippen MR) is 56.3 cm³/mol. The largest absolute Gasteiger partial charge is 0.478 e. The van der Waals surface area contributed by atoms with Gasteiger partial charge in [0.25, 0.3) is 0 Å². The molecule has 0 amide bonds. The van der Waals surface area contributed by atoms with Gasteiger partial charge >= 0.3 is 5.97 Å². The molecule has 0 aliphatic carbocycles. The fourth-order valence-corrected chi connectivity index (χ4v) is 1.16. The Labute approximate surface area is 88.9 Å². The smallest absolute Gasteiger partial charge is 0.335 e. The highest BCUT2D eigenvalue weighted by atomic mass is 16.5. The molecule has 1 aromatic heterocycles. The van der Waals surface area contributed by atoms with Gasteiger partial charge in [-0.3, -0.25) is 0 Å². The van der Waals surface area contributed by atoms with Crippen LogP contribution < -0.4 is 4.74 Å². The molecule has 0 fully saturated rings. The summed E-state index contributed by atoms with van der Waals surface area (Å²) in [6.07, 6.45) is 1.98. The van der Waals surface area contributed by atoms with Crippen molar-refractivity contribution in [3.63, 3.8) is 0 Å². The van der Waals surface area contributed by atoms with E-state index in [9.17, 15) is 4.79 Å². The van der Waals surface area contributed by atoms with Gasteiger partial charge in [0.05, 0.1) is 12.2 Å². The Morgan fingerprint density at radius 2 is 2.27 bits per heavy atom. The van der Waals surface area contributed by atoms with Crippen molar-refractivity contribution in [2.45, 2.75) is 26.7 Å². The fraction of sp³-hybridized carbons (Fsp3) is 0.455. The molecule has 0 aliphatic rings. The van der Waals surface area contributed by atoms with E-state index < -0.39 is 5.97 Å². The van der Waals surface area contributed by atoms with Crippen LogP contribution in [0.25, 0.3) is 0 Å². The number of unbranched alkanes of at least 4 members (excludes halogenated alkanes) is 1. The van der Waals surface area contributed by atoms with E-state index in [0.717, 1.165) is 12.8 Å². The van der Waals surface area contributed by atoms with Crippen LogP contribution in [-0.4, -0.2) is 22.7 Å². The van der Waals surface area contributed by atoms with Crippen molar-refractivity contribution in [3.8, 4) is 5.88 Å². The molecule has 1 rings (SSSR count). The number of carboxylic acid groups (broad SMARTS) is 1. The van der Waals surface area contributed by atoms with E-state index in [1.807, 2.05) is 0 Å². The number of rotatable bonds is 5. The number of carboxylic acids is 1. The highest BCUT2D eigenvalue weighted by molar-refractivity contribution is 5.87. The Kier molecular flexibility index (Phi) is 4.09. The van der Waals surface area contributed by atoms with Gasteiger partial charge < -0.3 is 9.84 Å². The van der Waals surface area contributed by atoms with Crippen LogP contribution in [0.5, 0.6) is 5.88 Å². The van der Waals surface area contributed by atoms with Crippen LogP contribution in [0, 0.1) is 6.92 Å².